The predicted octanol–water partition coefficient (Wildman–Crippen LogP) is 2.61. The first-order chi connectivity index (χ1) is 13.2. The molecule has 28 heavy (non-hydrogen) atoms. The molecule has 0 unspecified atom stereocenters. The van der Waals surface area contributed by atoms with E-state index in [1.165, 1.54) is 0 Å². The monoisotopic (exact) mass is 394 g/mol. The number of carbonyl (C=O) groups excluding carboxylic acids is 2. The number of nitrogens with one attached hydrogen (secondary N) is 2. The molecular weight excluding hydrogens is 360 g/mol. The van der Waals surface area contributed by atoms with Gasteiger partial charge in [0.2, 0.25) is 11.8 Å². The minimum absolute atomic E-state index is 0.248. The van der Waals surface area contributed by atoms with Crippen molar-refractivity contribution in [2.45, 2.75) is 66.2 Å². The number of unbranched alkanes of at least 4 members (excludes halogenated alkanes) is 1. The molecule has 0 aromatic rings. The van der Waals surface area contributed by atoms with Crippen molar-refractivity contribution in [1.82, 2.24) is 10.6 Å². The van der Waals surface area contributed by atoms with Gasteiger partial charge in [0.15, 0.2) is 12.4 Å². The first kappa shape index (κ1) is 25.8. The molecular formula is C20H34N4O4. The van der Waals surface area contributed by atoms with Crippen LogP contribution in [0.5, 0.6) is 0 Å². The van der Waals surface area contributed by atoms with Crippen molar-refractivity contribution in [2.24, 2.45) is 10.8 Å². The third kappa shape index (κ3) is 11.5. The Hall–Kier alpha value is -2.16. The average Bonchev–Trinajstić information content (AvgIpc) is 2.62. The van der Waals surface area contributed by atoms with E-state index in [1.807, 2.05) is 27.7 Å². The first-order valence-electron chi connectivity index (χ1n) is 9.72. The van der Waals surface area contributed by atoms with E-state index in [-0.39, 0.29) is 11.8 Å². The zero-order valence-corrected chi connectivity index (χ0v) is 17.6. The summed E-state index contributed by atoms with van der Waals surface area (Å²) in [5.74, 6) is -0.514. The van der Waals surface area contributed by atoms with Gasteiger partial charge in [0.25, 0.3) is 0 Å². The van der Waals surface area contributed by atoms with Crippen LogP contribution in [0.3, 0.4) is 0 Å². The average molecular weight is 395 g/mol. The minimum atomic E-state index is -0.577. The highest BCUT2D eigenvalue weighted by Gasteiger charge is 2.27. The number of nitriles is 2. The summed E-state index contributed by atoms with van der Waals surface area (Å²) < 4.78 is 11.1. The van der Waals surface area contributed by atoms with Crippen molar-refractivity contribution in [1.29, 1.82) is 10.5 Å². The van der Waals surface area contributed by atoms with Gasteiger partial charge in [-0.1, -0.05) is 34.1 Å². The van der Waals surface area contributed by atoms with E-state index in [0.717, 1.165) is 25.7 Å². The first-order valence-corrected chi connectivity index (χ1v) is 9.72. The van der Waals surface area contributed by atoms with Gasteiger partial charge in [-0.15, -0.1) is 0 Å². The number of ether oxygens (including phenoxy) is 2. The number of hydrogen-bond donors (Lipinski definition) is 2. The van der Waals surface area contributed by atoms with Gasteiger partial charge in [0.05, 0.1) is 0 Å². The van der Waals surface area contributed by atoms with Crippen LogP contribution in [0.25, 0.3) is 0 Å². The molecule has 158 valence electrons. The van der Waals surface area contributed by atoms with Gasteiger partial charge in [0, 0.05) is 37.3 Å². The van der Waals surface area contributed by atoms with Gasteiger partial charge in [-0.2, -0.15) is 10.5 Å². The number of nitrogens with zero attached hydrogens (tertiary/aromatic N) is 2. The molecule has 0 heterocycles. The molecule has 0 saturated carbocycles. The summed E-state index contributed by atoms with van der Waals surface area (Å²) in [6, 6.07) is 0. The van der Waals surface area contributed by atoms with Crippen LogP contribution in [0.1, 0.15) is 66.2 Å². The maximum absolute atomic E-state index is 11.7. The molecule has 0 spiro atoms. The molecule has 0 radical (unpaired) electrons. The standard InChI is InChI=1S/C20H34N4O4/c1-19(2,17(25)23-15-21)9-5-6-11-27-13-8-14-28-12-7-10-20(3,4)18(26)24-16-22/h5-14H2,1-4H3,(H,23,25)(H,24,26). The van der Waals surface area contributed by atoms with Crippen molar-refractivity contribution >= 4 is 11.8 Å². The fraction of sp³-hybridized carbons (Fsp3) is 0.800. The molecule has 2 N–H and O–H groups in total. The van der Waals surface area contributed by atoms with E-state index in [2.05, 4.69) is 10.6 Å². The van der Waals surface area contributed by atoms with Gasteiger partial charge in [0.1, 0.15) is 0 Å². The molecule has 0 aliphatic heterocycles. The van der Waals surface area contributed by atoms with Gasteiger partial charge >= 0.3 is 0 Å². The Labute approximate surface area is 168 Å². The molecule has 2 amide bonds. The molecule has 0 aromatic carbocycles. The van der Waals surface area contributed by atoms with Crippen LogP contribution < -0.4 is 10.6 Å². The van der Waals surface area contributed by atoms with Crippen LogP contribution in [-0.2, 0) is 19.1 Å². The van der Waals surface area contributed by atoms with Crippen LogP contribution in [-0.4, -0.2) is 38.2 Å². The Balaban J connectivity index is 3.57. The molecule has 0 fully saturated rings. The van der Waals surface area contributed by atoms with Crippen molar-refractivity contribution in [3.63, 3.8) is 0 Å². The van der Waals surface area contributed by atoms with Crippen LogP contribution in [0.15, 0.2) is 0 Å². The summed E-state index contributed by atoms with van der Waals surface area (Å²) in [6.07, 6.45) is 7.96. The van der Waals surface area contributed by atoms with E-state index >= 15 is 0 Å². The number of hydrogen-bond acceptors (Lipinski definition) is 6. The summed E-state index contributed by atoms with van der Waals surface area (Å²) >= 11 is 0. The van der Waals surface area contributed by atoms with Gasteiger partial charge < -0.3 is 9.47 Å². The molecule has 8 heteroatoms. The summed E-state index contributed by atoms with van der Waals surface area (Å²) in [5, 5.41) is 21.3. The molecule has 0 bridgehead atoms. The van der Waals surface area contributed by atoms with E-state index in [1.54, 1.807) is 12.4 Å². The second-order valence-corrected chi connectivity index (χ2v) is 8.04. The molecule has 0 rings (SSSR count). The van der Waals surface area contributed by atoms with E-state index in [9.17, 15) is 9.59 Å². The van der Waals surface area contributed by atoms with E-state index < -0.39 is 10.8 Å². The number of carbonyl (C=O) groups is 2. The second-order valence-electron chi connectivity index (χ2n) is 8.04. The topological polar surface area (TPSA) is 124 Å². The summed E-state index contributed by atoms with van der Waals surface area (Å²) in [6.45, 7) is 9.71. The number of amides is 2. The predicted molar refractivity (Wildman–Crippen MR) is 104 cm³/mol. The Morgan fingerprint density at radius 1 is 0.714 bits per heavy atom. The Morgan fingerprint density at radius 2 is 1.11 bits per heavy atom. The quantitative estimate of drug-likeness (QED) is 0.250. The molecule has 0 atom stereocenters. The molecule has 0 saturated heterocycles. The van der Waals surface area contributed by atoms with Gasteiger partial charge in [-0.3, -0.25) is 20.2 Å². The van der Waals surface area contributed by atoms with E-state index in [0.29, 0.717) is 39.3 Å². The zero-order chi connectivity index (χ0) is 21.5. The van der Waals surface area contributed by atoms with Crippen LogP contribution in [0.4, 0.5) is 0 Å². The lowest BCUT2D eigenvalue weighted by molar-refractivity contribution is -0.129. The fourth-order valence-electron chi connectivity index (χ4n) is 2.52. The zero-order valence-electron chi connectivity index (χ0n) is 17.6. The minimum Gasteiger partial charge on any atom is -0.381 e. The van der Waals surface area contributed by atoms with Crippen LogP contribution >= 0.6 is 0 Å². The summed E-state index contributed by atoms with van der Waals surface area (Å²) in [5.41, 5.74) is -1.13. The highest BCUT2D eigenvalue weighted by atomic mass is 16.5. The van der Waals surface area contributed by atoms with Gasteiger partial charge in [-0.25, -0.2) is 0 Å². The highest BCUT2D eigenvalue weighted by Crippen LogP contribution is 2.23. The Morgan fingerprint density at radius 3 is 1.57 bits per heavy atom. The number of rotatable bonds is 15. The summed E-state index contributed by atoms with van der Waals surface area (Å²) in [7, 11) is 0. The molecule has 0 aliphatic rings. The van der Waals surface area contributed by atoms with Crippen LogP contribution in [0, 0.1) is 33.7 Å². The van der Waals surface area contributed by atoms with Crippen LogP contribution in [0.2, 0.25) is 0 Å². The summed E-state index contributed by atoms with van der Waals surface area (Å²) in [4.78, 5) is 23.4. The third-order valence-electron chi connectivity index (χ3n) is 4.58. The van der Waals surface area contributed by atoms with Crippen molar-refractivity contribution < 1.29 is 19.1 Å². The molecule has 0 aromatic heterocycles. The second kappa shape index (κ2) is 13.9. The lowest BCUT2D eigenvalue weighted by atomic mass is 9.86. The maximum Gasteiger partial charge on any atom is 0.238 e. The normalized spacial score (nSPS) is 11.4. The van der Waals surface area contributed by atoms with Gasteiger partial charge in [-0.05, 0) is 32.1 Å². The fourth-order valence-corrected chi connectivity index (χ4v) is 2.52. The lowest BCUT2D eigenvalue weighted by Gasteiger charge is -2.21. The largest absolute Gasteiger partial charge is 0.381 e. The Kier molecular flexibility index (Phi) is 12.9. The molecule has 0 aliphatic carbocycles. The third-order valence-corrected chi connectivity index (χ3v) is 4.58. The van der Waals surface area contributed by atoms with Crippen molar-refractivity contribution in [3.05, 3.63) is 0 Å². The van der Waals surface area contributed by atoms with Crippen molar-refractivity contribution in [2.75, 3.05) is 26.4 Å². The lowest BCUT2D eigenvalue weighted by Crippen LogP contribution is -2.34. The van der Waals surface area contributed by atoms with E-state index in [4.69, 9.17) is 20.0 Å². The Bertz CT molecular complexity index is 512. The smallest absolute Gasteiger partial charge is 0.238 e. The highest BCUT2D eigenvalue weighted by molar-refractivity contribution is 5.83. The maximum atomic E-state index is 11.7. The van der Waals surface area contributed by atoms with Crippen molar-refractivity contribution in [3.8, 4) is 12.4 Å². The molecule has 8 nitrogen and oxygen atoms in total. The SMILES string of the molecule is CC(C)(CCCCOCCCOCCCC(C)(C)C(=O)NC#N)C(=O)NC#N.